The molecular weight excluding hydrogens is 236 g/mol. The Labute approximate surface area is 97.4 Å². The third-order valence-corrected chi connectivity index (χ3v) is 1.87. The highest BCUT2D eigenvalue weighted by Gasteiger charge is 2.05. The predicted octanol–water partition coefficient (Wildman–Crippen LogP) is 1.08. The highest BCUT2D eigenvalue weighted by Crippen LogP contribution is 2.22. The summed E-state index contributed by atoms with van der Waals surface area (Å²) in [5, 5.41) is 2.60. The third kappa shape index (κ3) is 4.14. The van der Waals surface area contributed by atoms with Gasteiger partial charge in [0.25, 0.3) is 5.91 Å². The Morgan fingerprint density at radius 2 is 2.20 bits per heavy atom. The highest BCUT2D eigenvalue weighted by atomic mass is 35.5. The van der Waals surface area contributed by atoms with Crippen molar-refractivity contribution in [3.05, 3.63) is 29.3 Å². The van der Waals surface area contributed by atoms with Crippen molar-refractivity contribution < 1.29 is 9.53 Å². The molecular formula is C9H9ClN2O2S. The van der Waals surface area contributed by atoms with Crippen LogP contribution in [0.4, 0.5) is 0 Å². The Kier molecular flexibility index (Phi) is 4.33. The van der Waals surface area contributed by atoms with Crippen molar-refractivity contribution in [2.45, 2.75) is 0 Å². The molecule has 1 amide bonds. The van der Waals surface area contributed by atoms with Gasteiger partial charge in [-0.05, 0) is 24.4 Å². The SMILES string of the molecule is NC(=S)NC(=O)COc1ccccc1Cl. The van der Waals surface area contributed by atoms with E-state index < -0.39 is 5.91 Å². The van der Waals surface area contributed by atoms with Gasteiger partial charge in [-0.15, -0.1) is 0 Å². The molecule has 1 aromatic rings. The van der Waals surface area contributed by atoms with Crippen molar-refractivity contribution >= 4 is 34.8 Å². The topological polar surface area (TPSA) is 64.3 Å². The molecule has 0 aliphatic heterocycles. The van der Waals surface area contributed by atoms with Gasteiger partial charge in [0.2, 0.25) is 0 Å². The maximum absolute atomic E-state index is 11.1. The molecule has 1 rings (SSSR count). The number of carbonyl (C=O) groups is 1. The lowest BCUT2D eigenvalue weighted by Crippen LogP contribution is -2.37. The Bertz CT molecular complexity index is 384. The summed E-state index contributed by atoms with van der Waals surface area (Å²) in [7, 11) is 0. The van der Waals surface area contributed by atoms with E-state index in [-0.39, 0.29) is 11.7 Å². The van der Waals surface area contributed by atoms with E-state index in [0.29, 0.717) is 10.8 Å². The first-order chi connectivity index (χ1) is 7.09. The third-order valence-electron chi connectivity index (χ3n) is 1.46. The molecule has 0 atom stereocenters. The molecule has 0 heterocycles. The van der Waals surface area contributed by atoms with Gasteiger partial charge >= 0.3 is 0 Å². The first-order valence-corrected chi connectivity index (χ1v) is 4.85. The molecule has 0 radical (unpaired) electrons. The van der Waals surface area contributed by atoms with Crippen molar-refractivity contribution in [1.82, 2.24) is 5.32 Å². The number of carbonyl (C=O) groups excluding carboxylic acids is 1. The van der Waals surface area contributed by atoms with Crippen molar-refractivity contribution in [3.8, 4) is 5.75 Å². The number of halogens is 1. The molecule has 6 heteroatoms. The molecule has 1 aromatic carbocycles. The number of para-hydroxylation sites is 1. The molecule has 80 valence electrons. The summed E-state index contributed by atoms with van der Waals surface area (Å²) in [6, 6.07) is 6.86. The average molecular weight is 245 g/mol. The summed E-state index contributed by atoms with van der Waals surface area (Å²) in [4.78, 5) is 11.1. The lowest BCUT2D eigenvalue weighted by Gasteiger charge is -2.07. The van der Waals surface area contributed by atoms with Gasteiger partial charge in [0, 0.05) is 0 Å². The van der Waals surface area contributed by atoms with E-state index in [0.717, 1.165) is 0 Å². The number of hydrogen-bond acceptors (Lipinski definition) is 3. The summed E-state index contributed by atoms with van der Waals surface area (Å²) in [6.07, 6.45) is 0. The zero-order chi connectivity index (χ0) is 11.3. The van der Waals surface area contributed by atoms with Crippen LogP contribution in [-0.2, 0) is 4.79 Å². The molecule has 0 aliphatic rings. The van der Waals surface area contributed by atoms with Crippen LogP contribution in [0, 0.1) is 0 Å². The summed E-state index contributed by atoms with van der Waals surface area (Å²) in [5.74, 6) is 0.0275. The van der Waals surface area contributed by atoms with E-state index in [1.807, 2.05) is 0 Å². The van der Waals surface area contributed by atoms with Gasteiger partial charge in [0.05, 0.1) is 5.02 Å². The number of benzene rings is 1. The van der Waals surface area contributed by atoms with E-state index in [9.17, 15) is 4.79 Å². The minimum absolute atomic E-state index is 0.0808. The van der Waals surface area contributed by atoms with E-state index in [1.165, 1.54) is 0 Å². The summed E-state index contributed by atoms with van der Waals surface area (Å²) in [5.41, 5.74) is 5.11. The van der Waals surface area contributed by atoms with Crippen molar-refractivity contribution in [2.75, 3.05) is 6.61 Å². The number of rotatable bonds is 3. The lowest BCUT2D eigenvalue weighted by molar-refractivity contribution is -0.121. The zero-order valence-electron chi connectivity index (χ0n) is 7.70. The van der Waals surface area contributed by atoms with Crippen LogP contribution in [0.3, 0.4) is 0 Å². The van der Waals surface area contributed by atoms with Gasteiger partial charge in [0.1, 0.15) is 5.75 Å². The number of amides is 1. The van der Waals surface area contributed by atoms with Crippen molar-refractivity contribution in [3.63, 3.8) is 0 Å². The molecule has 0 saturated carbocycles. The molecule has 15 heavy (non-hydrogen) atoms. The molecule has 0 aliphatic carbocycles. The molecule has 4 nitrogen and oxygen atoms in total. The highest BCUT2D eigenvalue weighted by molar-refractivity contribution is 7.80. The number of nitrogens with one attached hydrogen (secondary N) is 1. The molecule has 0 fully saturated rings. The first kappa shape index (κ1) is 11.7. The van der Waals surface area contributed by atoms with E-state index in [1.54, 1.807) is 24.3 Å². The molecule has 0 spiro atoms. The smallest absolute Gasteiger partial charge is 0.264 e. The normalized spacial score (nSPS) is 9.40. The van der Waals surface area contributed by atoms with Crippen LogP contribution >= 0.6 is 23.8 Å². The minimum Gasteiger partial charge on any atom is -0.482 e. The Morgan fingerprint density at radius 1 is 1.53 bits per heavy atom. The minimum atomic E-state index is -0.414. The second kappa shape index (κ2) is 5.53. The second-order valence-corrected chi connectivity index (χ2v) is 3.48. The monoisotopic (exact) mass is 244 g/mol. The molecule has 0 aromatic heterocycles. The Hall–Kier alpha value is -1.33. The van der Waals surface area contributed by atoms with E-state index in [4.69, 9.17) is 22.1 Å². The van der Waals surface area contributed by atoms with Gasteiger partial charge in [-0.3, -0.25) is 4.79 Å². The second-order valence-electron chi connectivity index (χ2n) is 2.63. The van der Waals surface area contributed by atoms with Gasteiger partial charge in [-0.25, -0.2) is 0 Å². The van der Waals surface area contributed by atoms with Crippen LogP contribution in [0.25, 0.3) is 0 Å². The van der Waals surface area contributed by atoms with Crippen LogP contribution in [0.15, 0.2) is 24.3 Å². The van der Waals surface area contributed by atoms with Crippen molar-refractivity contribution in [1.29, 1.82) is 0 Å². The largest absolute Gasteiger partial charge is 0.482 e. The lowest BCUT2D eigenvalue weighted by atomic mass is 10.3. The zero-order valence-corrected chi connectivity index (χ0v) is 9.27. The number of ether oxygens (including phenoxy) is 1. The molecule has 0 bridgehead atoms. The number of nitrogens with two attached hydrogens (primary N) is 1. The van der Waals surface area contributed by atoms with Crippen LogP contribution < -0.4 is 15.8 Å². The van der Waals surface area contributed by atoms with E-state index in [2.05, 4.69) is 17.5 Å². The van der Waals surface area contributed by atoms with Gasteiger partial charge < -0.3 is 15.8 Å². The average Bonchev–Trinajstić information content (AvgIpc) is 2.15. The fourth-order valence-electron chi connectivity index (χ4n) is 0.879. The van der Waals surface area contributed by atoms with Crippen LogP contribution in [0.1, 0.15) is 0 Å². The molecule has 0 unspecified atom stereocenters. The predicted molar refractivity (Wildman–Crippen MR) is 61.9 cm³/mol. The van der Waals surface area contributed by atoms with Gasteiger partial charge in [0.15, 0.2) is 11.7 Å². The Balaban J connectivity index is 2.47. The fourth-order valence-corrected chi connectivity index (χ4v) is 1.18. The molecule has 0 saturated heterocycles. The summed E-state index contributed by atoms with van der Waals surface area (Å²) < 4.78 is 5.14. The number of thiocarbonyl (C=S) groups is 1. The standard InChI is InChI=1S/C9H9ClN2O2S/c10-6-3-1-2-4-7(6)14-5-8(13)12-9(11)15/h1-4H,5H2,(H3,11,12,13,15). The van der Waals surface area contributed by atoms with Crippen molar-refractivity contribution in [2.24, 2.45) is 5.73 Å². The summed E-state index contributed by atoms with van der Waals surface area (Å²) in [6.45, 7) is -0.179. The van der Waals surface area contributed by atoms with Gasteiger partial charge in [-0.2, -0.15) is 0 Å². The van der Waals surface area contributed by atoms with E-state index >= 15 is 0 Å². The van der Waals surface area contributed by atoms with Crippen LogP contribution in [0.2, 0.25) is 5.02 Å². The van der Waals surface area contributed by atoms with Gasteiger partial charge in [-0.1, -0.05) is 23.7 Å². The summed E-state index contributed by atoms with van der Waals surface area (Å²) >= 11 is 10.3. The van der Waals surface area contributed by atoms with Crippen LogP contribution in [0.5, 0.6) is 5.75 Å². The quantitative estimate of drug-likeness (QED) is 0.781. The molecule has 3 N–H and O–H groups in total. The number of hydrogen-bond donors (Lipinski definition) is 2. The first-order valence-electron chi connectivity index (χ1n) is 4.06. The Morgan fingerprint density at radius 3 is 2.80 bits per heavy atom. The maximum Gasteiger partial charge on any atom is 0.264 e. The fraction of sp³-hybridized carbons (Fsp3) is 0.111. The van der Waals surface area contributed by atoms with Crippen LogP contribution in [-0.4, -0.2) is 17.6 Å². The maximum atomic E-state index is 11.1.